The van der Waals surface area contributed by atoms with E-state index in [1.165, 1.54) is 0 Å². The highest BCUT2D eigenvalue weighted by Gasteiger charge is 2.22. The fourth-order valence-corrected chi connectivity index (χ4v) is 3.57. The van der Waals surface area contributed by atoms with Crippen LogP contribution in [0, 0.1) is 0 Å². The van der Waals surface area contributed by atoms with Gasteiger partial charge in [0.05, 0.1) is 33.5 Å². The first kappa shape index (κ1) is 18.5. The highest BCUT2D eigenvalue weighted by atomic mass is 16.5. The van der Waals surface area contributed by atoms with E-state index < -0.39 is 0 Å². The van der Waals surface area contributed by atoms with Gasteiger partial charge in [0.1, 0.15) is 17.6 Å². The number of carbonyl (C=O) groups is 1. The molecule has 2 heterocycles. The Labute approximate surface area is 163 Å². The van der Waals surface area contributed by atoms with Gasteiger partial charge >= 0.3 is 0 Å². The van der Waals surface area contributed by atoms with Crippen molar-refractivity contribution in [2.75, 3.05) is 40.5 Å². The van der Waals surface area contributed by atoms with Crippen LogP contribution < -0.4 is 9.47 Å². The molecule has 1 saturated heterocycles. The van der Waals surface area contributed by atoms with Gasteiger partial charge in [-0.15, -0.1) is 0 Å². The van der Waals surface area contributed by atoms with Gasteiger partial charge in [0.25, 0.3) is 0 Å². The lowest BCUT2D eigenvalue weighted by atomic mass is 10.1. The molecule has 0 N–H and O–H groups in total. The summed E-state index contributed by atoms with van der Waals surface area (Å²) < 4.78 is 22.6. The quantitative estimate of drug-likeness (QED) is 0.607. The van der Waals surface area contributed by atoms with Gasteiger partial charge in [-0.25, -0.2) is 0 Å². The van der Waals surface area contributed by atoms with E-state index in [4.69, 9.17) is 18.6 Å². The maximum absolute atomic E-state index is 10.8. The van der Waals surface area contributed by atoms with Crippen LogP contribution in [0.15, 0.2) is 46.9 Å². The Morgan fingerprint density at radius 2 is 1.96 bits per heavy atom. The number of rotatable bonds is 6. The molecule has 1 aromatic heterocycles. The van der Waals surface area contributed by atoms with Crippen LogP contribution in [0.2, 0.25) is 0 Å². The Bertz CT molecular complexity index is 980. The third-order valence-corrected chi connectivity index (χ3v) is 5.06. The average molecular weight is 381 g/mol. The van der Waals surface area contributed by atoms with Crippen molar-refractivity contribution in [3.8, 4) is 22.8 Å². The van der Waals surface area contributed by atoms with Crippen molar-refractivity contribution in [1.29, 1.82) is 0 Å². The standard InChI is InChI=1S/C22H23NO5/c1-25-19-6-4-16(12-21(19)26-2)20-13-17-11-15(3-5-18(17)28-20)22-14-23(7-9-24)8-10-27-22/h3-6,9,11-13,22H,7-8,10,14H2,1-2H3. The predicted molar refractivity (Wildman–Crippen MR) is 106 cm³/mol. The van der Waals surface area contributed by atoms with Crippen molar-refractivity contribution in [3.63, 3.8) is 0 Å². The zero-order valence-electron chi connectivity index (χ0n) is 16.0. The maximum atomic E-state index is 10.8. The first-order valence-electron chi connectivity index (χ1n) is 9.25. The normalized spacial score (nSPS) is 17.6. The minimum absolute atomic E-state index is 0.0440. The molecule has 0 saturated carbocycles. The molecule has 0 radical (unpaired) electrons. The van der Waals surface area contributed by atoms with Crippen molar-refractivity contribution < 1.29 is 23.4 Å². The summed E-state index contributed by atoms with van der Waals surface area (Å²) in [6, 6.07) is 13.8. The second-order valence-corrected chi connectivity index (χ2v) is 6.76. The van der Waals surface area contributed by atoms with Crippen LogP contribution in [0.4, 0.5) is 0 Å². The lowest BCUT2D eigenvalue weighted by molar-refractivity contribution is -0.111. The number of carbonyl (C=O) groups excluding carboxylic acids is 1. The third kappa shape index (κ3) is 3.61. The van der Waals surface area contributed by atoms with Crippen LogP contribution in [-0.4, -0.2) is 51.6 Å². The molecule has 0 amide bonds. The van der Waals surface area contributed by atoms with Crippen molar-refractivity contribution in [2.45, 2.75) is 6.10 Å². The fourth-order valence-electron chi connectivity index (χ4n) is 3.57. The Hall–Kier alpha value is -2.83. The van der Waals surface area contributed by atoms with Crippen molar-refractivity contribution >= 4 is 17.3 Å². The number of morpholine rings is 1. The Morgan fingerprint density at radius 1 is 1.11 bits per heavy atom. The van der Waals surface area contributed by atoms with E-state index in [0.29, 0.717) is 31.2 Å². The molecule has 0 bridgehead atoms. The van der Waals surface area contributed by atoms with Gasteiger partial charge in [-0.1, -0.05) is 6.07 Å². The molecule has 0 aliphatic carbocycles. The summed E-state index contributed by atoms with van der Waals surface area (Å²) in [6.07, 6.45) is 0.898. The molecule has 3 aromatic rings. The summed E-state index contributed by atoms with van der Waals surface area (Å²) in [7, 11) is 3.23. The lowest BCUT2D eigenvalue weighted by Crippen LogP contribution is -2.39. The third-order valence-electron chi connectivity index (χ3n) is 5.06. The number of hydrogen-bond acceptors (Lipinski definition) is 6. The largest absolute Gasteiger partial charge is 0.493 e. The number of nitrogens with zero attached hydrogens (tertiary/aromatic N) is 1. The highest BCUT2D eigenvalue weighted by molar-refractivity contribution is 5.84. The van der Waals surface area contributed by atoms with E-state index in [0.717, 1.165) is 40.7 Å². The van der Waals surface area contributed by atoms with Crippen molar-refractivity contribution in [3.05, 3.63) is 48.0 Å². The zero-order valence-corrected chi connectivity index (χ0v) is 16.0. The number of benzene rings is 2. The molecule has 1 atom stereocenters. The van der Waals surface area contributed by atoms with Gasteiger partial charge in [0.2, 0.25) is 0 Å². The molecule has 28 heavy (non-hydrogen) atoms. The molecule has 1 unspecified atom stereocenters. The van der Waals surface area contributed by atoms with E-state index >= 15 is 0 Å². The number of fused-ring (bicyclic) bond motifs is 1. The second kappa shape index (κ2) is 8.04. The molecule has 1 aliphatic heterocycles. The van der Waals surface area contributed by atoms with Crippen LogP contribution in [0.25, 0.3) is 22.3 Å². The number of methoxy groups -OCH3 is 2. The number of aldehydes is 1. The Morgan fingerprint density at radius 3 is 2.75 bits per heavy atom. The van der Waals surface area contributed by atoms with Gasteiger partial charge in [0.15, 0.2) is 11.5 Å². The average Bonchev–Trinajstić information content (AvgIpc) is 3.17. The fraction of sp³-hybridized carbons (Fsp3) is 0.318. The topological polar surface area (TPSA) is 61.1 Å². The van der Waals surface area contributed by atoms with E-state index in [1.54, 1.807) is 14.2 Å². The zero-order chi connectivity index (χ0) is 19.5. The maximum Gasteiger partial charge on any atom is 0.161 e. The van der Waals surface area contributed by atoms with Crippen molar-refractivity contribution in [2.24, 2.45) is 0 Å². The molecule has 1 fully saturated rings. The van der Waals surface area contributed by atoms with E-state index in [2.05, 4.69) is 11.0 Å². The smallest absolute Gasteiger partial charge is 0.161 e. The number of ether oxygens (including phenoxy) is 3. The molecule has 4 rings (SSSR count). The van der Waals surface area contributed by atoms with Crippen LogP contribution in [-0.2, 0) is 9.53 Å². The number of hydrogen-bond donors (Lipinski definition) is 0. The SMILES string of the molecule is COc1ccc(-c2cc3cc(C4CN(CC=O)CCO4)ccc3o2)cc1OC. The lowest BCUT2D eigenvalue weighted by Gasteiger charge is -2.31. The van der Waals surface area contributed by atoms with Crippen LogP contribution in [0.1, 0.15) is 11.7 Å². The van der Waals surface area contributed by atoms with E-state index in [9.17, 15) is 4.79 Å². The predicted octanol–water partition coefficient (Wildman–Crippen LogP) is 3.69. The van der Waals surface area contributed by atoms with Crippen LogP contribution in [0.3, 0.4) is 0 Å². The van der Waals surface area contributed by atoms with E-state index in [-0.39, 0.29) is 6.10 Å². The molecule has 2 aromatic carbocycles. The molecular weight excluding hydrogens is 358 g/mol. The molecule has 146 valence electrons. The summed E-state index contributed by atoms with van der Waals surface area (Å²) >= 11 is 0. The number of furan rings is 1. The first-order chi connectivity index (χ1) is 13.7. The monoisotopic (exact) mass is 381 g/mol. The summed E-state index contributed by atoms with van der Waals surface area (Å²) in [5, 5.41) is 1.01. The molecule has 0 spiro atoms. The summed E-state index contributed by atoms with van der Waals surface area (Å²) in [5.41, 5.74) is 2.82. The highest BCUT2D eigenvalue weighted by Crippen LogP contribution is 2.35. The Kier molecular flexibility index (Phi) is 5.32. The van der Waals surface area contributed by atoms with E-state index in [1.807, 2.05) is 36.4 Å². The van der Waals surface area contributed by atoms with Gasteiger partial charge in [-0.3, -0.25) is 4.90 Å². The summed E-state index contributed by atoms with van der Waals surface area (Å²) in [4.78, 5) is 12.9. The first-order valence-corrected chi connectivity index (χ1v) is 9.25. The van der Waals surface area contributed by atoms with Gasteiger partial charge in [0, 0.05) is 24.0 Å². The Balaban J connectivity index is 1.62. The van der Waals surface area contributed by atoms with Crippen LogP contribution >= 0.6 is 0 Å². The molecule has 6 nitrogen and oxygen atoms in total. The summed E-state index contributed by atoms with van der Waals surface area (Å²) in [6.45, 7) is 2.56. The second-order valence-electron chi connectivity index (χ2n) is 6.76. The van der Waals surface area contributed by atoms with Crippen molar-refractivity contribution in [1.82, 2.24) is 4.90 Å². The minimum Gasteiger partial charge on any atom is -0.493 e. The van der Waals surface area contributed by atoms with Gasteiger partial charge < -0.3 is 23.4 Å². The molecule has 6 heteroatoms. The van der Waals surface area contributed by atoms with Gasteiger partial charge in [-0.05, 0) is 42.0 Å². The van der Waals surface area contributed by atoms with Crippen LogP contribution in [0.5, 0.6) is 11.5 Å². The minimum atomic E-state index is -0.0440. The van der Waals surface area contributed by atoms with Gasteiger partial charge in [-0.2, -0.15) is 0 Å². The summed E-state index contributed by atoms with van der Waals surface area (Å²) in [5.74, 6) is 2.10. The molecule has 1 aliphatic rings. The molecular formula is C22H23NO5.